The number of fused-ring (bicyclic) bond motifs is 1. The first-order valence-electron chi connectivity index (χ1n) is 6.72. The van der Waals surface area contributed by atoms with Gasteiger partial charge >= 0.3 is 0 Å². The van der Waals surface area contributed by atoms with E-state index in [9.17, 15) is 14.0 Å². The Kier molecular flexibility index (Phi) is 4.40. The number of aromatic nitrogens is 2. The lowest BCUT2D eigenvalue weighted by Crippen LogP contribution is -2.23. The standard InChI is InChI=1S/C15H11ClFN3O2S/c16-11-7-9(1-2-12(11)17)19-13(21)3-5-20-8-18-14-10(15(20)22)4-6-23-14/h1-2,4,6-8H,3,5H2,(H,19,21). The summed E-state index contributed by atoms with van der Waals surface area (Å²) in [6.07, 6.45) is 1.52. The second kappa shape index (κ2) is 6.47. The van der Waals surface area contributed by atoms with E-state index in [0.29, 0.717) is 15.9 Å². The highest BCUT2D eigenvalue weighted by Crippen LogP contribution is 2.19. The van der Waals surface area contributed by atoms with Gasteiger partial charge in [0.15, 0.2) is 0 Å². The van der Waals surface area contributed by atoms with E-state index >= 15 is 0 Å². The SMILES string of the molecule is O=C(CCn1cnc2sccc2c1=O)Nc1ccc(F)c(Cl)c1. The molecule has 0 atom stereocenters. The fourth-order valence-corrected chi connectivity index (χ4v) is 2.98. The van der Waals surface area contributed by atoms with Gasteiger partial charge in [0.25, 0.3) is 5.56 Å². The van der Waals surface area contributed by atoms with Gasteiger partial charge in [-0.3, -0.25) is 14.2 Å². The van der Waals surface area contributed by atoms with Gasteiger partial charge in [-0.25, -0.2) is 9.37 Å². The van der Waals surface area contributed by atoms with Gasteiger partial charge < -0.3 is 5.32 Å². The summed E-state index contributed by atoms with van der Waals surface area (Å²) < 4.78 is 14.5. The van der Waals surface area contributed by atoms with Gasteiger partial charge in [0, 0.05) is 18.7 Å². The molecule has 8 heteroatoms. The van der Waals surface area contributed by atoms with Crippen molar-refractivity contribution in [2.24, 2.45) is 0 Å². The molecule has 3 aromatic rings. The van der Waals surface area contributed by atoms with Crippen molar-refractivity contribution >= 4 is 44.7 Å². The number of anilines is 1. The number of nitrogens with one attached hydrogen (secondary N) is 1. The van der Waals surface area contributed by atoms with Crippen LogP contribution in [0.5, 0.6) is 0 Å². The van der Waals surface area contributed by atoms with Gasteiger partial charge in [-0.1, -0.05) is 11.6 Å². The Morgan fingerprint density at radius 2 is 2.22 bits per heavy atom. The number of carbonyl (C=O) groups excluding carboxylic acids is 1. The number of amides is 1. The zero-order valence-electron chi connectivity index (χ0n) is 11.8. The number of rotatable bonds is 4. The fourth-order valence-electron chi connectivity index (χ4n) is 2.07. The summed E-state index contributed by atoms with van der Waals surface area (Å²) in [5.74, 6) is -0.851. The monoisotopic (exact) mass is 351 g/mol. The lowest BCUT2D eigenvalue weighted by atomic mass is 10.3. The van der Waals surface area contributed by atoms with Crippen LogP contribution in [0.2, 0.25) is 5.02 Å². The molecule has 0 aliphatic rings. The van der Waals surface area contributed by atoms with Crippen LogP contribution in [-0.2, 0) is 11.3 Å². The van der Waals surface area contributed by atoms with Gasteiger partial charge in [-0.15, -0.1) is 11.3 Å². The van der Waals surface area contributed by atoms with E-state index in [1.165, 1.54) is 40.4 Å². The molecule has 1 N–H and O–H groups in total. The van der Waals surface area contributed by atoms with E-state index in [4.69, 9.17) is 11.6 Å². The number of hydrogen-bond acceptors (Lipinski definition) is 4. The molecule has 0 saturated heterocycles. The van der Waals surface area contributed by atoms with Crippen LogP contribution in [0.15, 0.2) is 40.8 Å². The smallest absolute Gasteiger partial charge is 0.262 e. The van der Waals surface area contributed by atoms with Crippen LogP contribution in [0.4, 0.5) is 10.1 Å². The van der Waals surface area contributed by atoms with Crippen molar-refractivity contribution in [3.05, 3.63) is 57.2 Å². The number of nitrogens with zero attached hydrogens (tertiary/aromatic N) is 2. The van der Waals surface area contributed by atoms with Crippen LogP contribution in [0.25, 0.3) is 10.2 Å². The van der Waals surface area contributed by atoms with E-state index in [0.717, 1.165) is 0 Å². The van der Waals surface area contributed by atoms with Gasteiger partial charge in [0.2, 0.25) is 5.91 Å². The molecule has 0 bridgehead atoms. The van der Waals surface area contributed by atoms with E-state index in [2.05, 4.69) is 10.3 Å². The second-order valence-corrected chi connectivity index (χ2v) is 6.11. The third-order valence-electron chi connectivity index (χ3n) is 3.23. The maximum atomic E-state index is 13.1. The summed E-state index contributed by atoms with van der Waals surface area (Å²) in [7, 11) is 0. The van der Waals surface area contributed by atoms with Gasteiger partial charge in [-0.05, 0) is 29.6 Å². The molecule has 0 saturated carbocycles. The van der Waals surface area contributed by atoms with Crippen LogP contribution in [-0.4, -0.2) is 15.5 Å². The molecular formula is C15H11ClFN3O2S. The minimum Gasteiger partial charge on any atom is -0.326 e. The Hall–Kier alpha value is -2.25. The number of aryl methyl sites for hydroxylation is 1. The normalized spacial score (nSPS) is 10.9. The Morgan fingerprint density at radius 1 is 1.39 bits per heavy atom. The average Bonchev–Trinajstić information content (AvgIpc) is 3.00. The third kappa shape index (κ3) is 3.40. The number of halogens is 2. The number of benzene rings is 1. The van der Waals surface area contributed by atoms with Crippen LogP contribution in [0, 0.1) is 5.82 Å². The zero-order chi connectivity index (χ0) is 16.4. The Bertz CT molecular complexity index is 938. The Balaban J connectivity index is 1.67. The van der Waals surface area contributed by atoms with Crippen molar-refractivity contribution in [3.63, 3.8) is 0 Å². The molecule has 3 rings (SSSR count). The first kappa shape index (κ1) is 15.6. The van der Waals surface area contributed by atoms with Crippen molar-refractivity contribution in [1.82, 2.24) is 9.55 Å². The van der Waals surface area contributed by atoms with E-state index in [-0.39, 0.29) is 29.5 Å². The molecule has 2 aromatic heterocycles. The summed E-state index contributed by atoms with van der Waals surface area (Å²) >= 11 is 7.05. The minimum atomic E-state index is -0.550. The van der Waals surface area contributed by atoms with Crippen molar-refractivity contribution in [2.75, 3.05) is 5.32 Å². The van der Waals surface area contributed by atoms with Crippen LogP contribution < -0.4 is 10.9 Å². The van der Waals surface area contributed by atoms with Crippen LogP contribution in [0.3, 0.4) is 0 Å². The summed E-state index contributed by atoms with van der Waals surface area (Å²) in [6.45, 7) is 0.207. The Morgan fingerprint density at radius 3 is 3.00 bits per heavy atom. The predicted molar refractivity (Wildman–Crippen MR) is 88.5 cm³/mol. The predicted octanol–water partition coefficient (Wildman–Crippen LogP) is 3.28. The quantitative estimate of drug-likeness (QED) is 0.784. The highest BCUT2D eigenvalue weighted by molar-refractivity contribution is 7.16. The number of carbonyl (C=O) groups is 1. The van der Waals surface area contributed by atoms with E-state index in [1.54, 1.807) is 11.4 Å². The molecule has 5 nitrogen and oxygen atoms in total. The molecule has 0 unspecified atom stereocenters. The zero-order valence-corrected chi connectivity index (χ0v) is 13.3. The lowest BCUT2D eigenvalue weighted by molar-refractivity contribution is -0.116. The molecule has 1 aromatic carbocycles. The molecule has 0 spiro atoms. The molecule has 0 fully saturated rings. The van der Waals surface area contributed by atoms with Crippen molar-refractivity contribution in [3.8, 4) is 0 Å². The third-order valence-corrected chi connectivity index (χ3v) is 4.34. The minimum absolute atomic E-state index is 0.0638. The fraction of sp³-hybridized carbons (Fsp3) is 0.133. The van der Waals surface area contributed by atoms with Crippen LogP contribution in [0.1, 0.15) is 6.42 Å². The maximum absolute atomic E-state index is 13.1. The average molecular weight is 352 g/mol. The van der Waals surface area contributed by atoms with Crippen molar-refractivity contribution in [1.29, 1.82) is 0 Å². The number of thiophene rings is 1. The summed E-state index contributed by atoms with van der Waals surface area (Å²) in [4.78, 5) is 29.0. The van der Waals surface area contributed by atoms with E-state index in [1.807, 2.05) is 0 Å². The molecule has 1 amide bonds. The summed E-state index contributed by atoms with van der Waals surface area (Å²) in [5, 5.41) is 4.89. The van der Waals surface area contributed by atoms with E-state index < -0.39 is 5.82 Å². The highest BCUT2D eigenvalue weighted by Gasteiger charge is 2.08. The summed E-state index contributed by atoms with van der Waals surface area (Å²) in [6, 6.07) is 5.65. The molecule has 0 radical (unpaired) electrons. The molecule has 0 aliphatic carbocycles. The second-order valence-electron chi connectivity index (χ2n) is 4.81. The highest BCUT2D eigenvalue weighted by atomic mass is 35.5. The molecule has 0 aliphatic heterocycles. The van der Waals surface area contributed by atoms with Crippen molar-refractivity contribution in [2.45, 2.75) is 13.0 Å². The topological polar surface area (TPSA) is 64.0 Å². The largest absolute Gasteiger partial charge is 0.326 e. The molecule has 2 heterocycles. The summed E-state index contributed by atoms with van der Waals surface area (Å²) in [5.41, 5.74) is 0.231. The Labute approximate surface area is 139 Å². The van der Waals surface area contributed by atoms with Crippen molar-refractivity contribution < 1.29 is 9.18 Å². The molecule has 118 valence electrons. The molecule has 23 heavy (non-hydrogen) atoms. The first-order chi connectivity index (χ1) is 11.0. The first-order valence-corrected chi connectivity index (χ1v) is 7.98. The lowest BCUT2D eigenvalue weighted by Gasteiger charge is -2.07. The van der Waals surface area contributed by atoms with Gasteiger partial charge in [0.1, 0.15) is 10.6 Å². The van der Waals surface area contributed by atoms with Gasteiger partial charge in [-0.2, -0.15) is 0 Å². The van der Waals surface area contributed by atoms with Crippen LogP contribution >= 0.6 is 22.9 Å². The number of hydrogen-bond donors (Lipinski definition) is 1. The molecular weight excluding hydrogens is 341 g/mol. The van der Waals surface area contributed by atoms with Gasteiger partial charge in [0.05, 0.1) is 16.7 Å². The maximum Gasteiger partial charge on any atom is 0.262 e.